The maximum Gasteiger partial charge on any atom is 0.253 e. The van der Waals surface area contributed by atoms with Crippen LogP contribution in [0.2, 0.25) is 0 Å². The zero-order valence-corrected chi connectivity index (χ0v) is 17.8. The molecule has 2 aromatic carbocycles. The highest BCUT2D eigenvalue weighted by molar-refractivity contribution is 6.01. The van der Waals surface area contributed by atoms with E-state index in [0.717, 1.165) is 23.4 Å². The summed E-state index contributed by atoms with van der Waals surface area (Å²) in [6.45, 7) is 0.558. The molecule has 2 heterocycles. The number of aromatic nitrogens is 1. The van der Waals surface area contributed by atoms with Crippen molar-refractivity contribution in [2.24, 2.45) is 0 Å². The van der Waals surface area contributed by atoms with Crippen molar-refractivity contribution in [2.45, 2.75) is 25.7 Å². The van der Waals surface area contributed by atoms with E-state index in [1.165, 1.54) is 5.01 Å². The van der Waals surface area contributed by atoms with Crippen molar-refractivity contribution in [2.75, 3.05) is 18.6 Å². The molecule has 1 N–H and O–H groups in total. The minimum absolute atomic E-state index is 0.117. The molecule has 3 amide bonds. The van der Waals surface area contributed by atoms with Crippen LogP contribution in [0.25, 0.3) is 11.3 Å². The highest BCUT2D eigenvalue weighted by Gasteiger charge is 2.24. The molecule has 0 saturated carbocycles. The molecule has 1 aliphatic rings. The highest BCUT2D eigenvalue weighted by atomic mass is 16.5. The summed E-state index contributed by atoms with van der Waals surface area (Å²) in [5.41, 5.74) is 5.39. The van der Waals surface area contributed by atoms with Gasteiger partial charge in [0.25, 0.3) is 5.91 Å². The lowest BCUT2D eigenvalue weighted by atomic mass is 10.1. The third-order valence-electron chi connectivity index (χ3n) is 5.32. The number of rotatable bonds is 7. The lowest BCUT2D eigenvalue weighted by Gasteiger charge is -2.27. The van der Waals surface area contributed by atoms with Crippen LogP contribution < -0.4 is 10.4 Å². The van der Waals surface area contributed by atoms with Crippen LogP contribution in [0.1, 0.15) is 35.4 Å². The van der Waals surface area contributed by atoms with Crippen LogP contribution in [0, 0.1) is 0 Å². The van der Waals surface area contributed by atoms with Gasteiger partial charge in [-0.2, -0.15) is 0 Å². The van der Waals surface area contributed by atoms with Gasteiger partial charge in [-0.3, -0.25) is 19.8 Å². The van der Waals surface area contributed by atoms with E-state index < -0.39 is 0 Å². The number of amides is 3. The third kappa shape index (κ3) is 4.85. The van der Waals surface area contributed by atoms with E-state index in [9.17, 15) is 14.4 Å². The molecule has 0 radical (unpaired) electrons. The number of carbonyl (C=O) groups excluding carboxylic acids is 3. The Kier molecular flexibility index (Phi) is 6.30. The van der Waals surface area contributed by atoms with Crippen molar-refractivity contribution in [3.63, 3.8) is 0 Å². The minimum atomic E-state index is -0.202. The topological polar surface area (TPSA) is 95.8 Å². The molecular formula is C24H24N4O4. The predicted molar refractivity (Wildman–Crippen MR) is 119 cm³/mol. The molecule has 1 aromatic heterocycles. The van der Waals surface area contributed by atoms with Crippen molar-refractivity contribution in [1.82, 2.24) is 15.5 Å². The first-order valence-electron chi connectivity index (χ1n) is 10.5. The third-order valence-corrected chi connectivity index (χ3v) is 5.32. The SMILES string of the molecule is CN(CCCc1cc(-c2ccccc2)no1)C(=O)c1ccc(N2NC(=O)CCC2=O)cc1. The van der Waals surface area contributed by atoms with Gasteiger partial charge in [0, 0.05) is 50.0 Å². The molecular weight excluding hydrogens is 408 g/mol. The fraction of sp³-hybridized carbons (Fsp3) is 0.250. The Balaban J connectivity index is 1.30. The van der Waals surface area contributed by atoms with E-state index in [-0.39, 0.29) is 30.6 Å². The van der Waals surface area contributed by atoms with Crippen molar-refractivity contribution in [3.05, 3.63) is 72.0 Å². The molecule has 8 heteroatoms. The number of aryl methyl sites for hydroxylation is 1. The van der Waals surface area contributed by atoms with E-state index in [2.05, 4.69) is 10.6 Å². The van der Waals surface area contributed by atoms with Crippen LogP contribution in [0.5, 0.6) is 0 Å². The largest absolute Gasteiger partial charge is 0.361 e. The number of hydrogen-bond acceptors (Lipinski definition) is 5. The lowest BCUT2D eigenvalue weighted by Crippen LogP contribution is -2.50. The number of hydrazine groups is 1. The van der Waals surface area contributed by atoms with E-state index in [4.69, 9.17) is 4.52 Å². The Morgan fingerprint density at radius 2 is 1.84 bits per heavy atom. The van der Waals surface area contributed by atoms with Crippen molar-refractivity contribution in [3.8, 4) is 11.3 Å². The fourth-order valence-electron chi connectivity index (χ4n) is 3.52. The molecule has 1 aliphatic heterocycles. The number of anilines is 1. The van der Waals surface area contributed by atoms with Gasteiger partial charge in [0.1, 0.15) is 11.5 Å². The van der Waals surface area contributed by atoms with Gasteiger partial charge in [0.2, 0.25) is 11.8 Å². The molecule has 0 aliphatic carbocycles. The number of benzene rings is 2. The molecule has 8 nitrogen and oxygen atoms in total. The average molecular weight is 432 g/mol. The number of hydrogen-bond donors (Lipinski definition) is 1. The van der Waals surface area contributed by atoms with Gasteiger partial charge >= 0.3 is 0 Å². The van der Waals surface area contributed by atoms with Gasteiger partial charge in [-0.05, 0) is 30.7 Å². The molecule has 0 spiro atoms. The van der Waals surface area contributed by atoms with Crippen LogP contribution in [0.4, 0.5) is 5.69 Å². The summed E-state index contributed by atoms with van der Waals surface area (Å²) in [5.74, 6) is 0.283. The summed E-state index contributed by atoms with van der Waals surface area (Å²) in [5, 5.41) is 5.34. The van der Waals surface area contributed by atoms with Gasteiger partial charge in [-0.25, -0.2) is 5.01 Å². The molecule has 0 atom stereocenters. The lowest BCUT2D eigenvalue weighted by molar-refractivity contribution is -0.130. The van der Waals surface area contributed by atoms with Crippen LogP contribution in [-0.4, -0.2) is 41.4 Å². The predicted octanol–water partition coefficient (Wildman–Crippen LogP) is 3.20. The molecule has 32 heavy (non-hydrogen) atoms. The fourth-order valence-corrected chi connectivity index (χ4v) is 3.52. The summed E-state index contributed by atoms with van der Waals surface area (Å²) in [7, 11) is 1.75. The number of nitrogens with one attached hydrogen (secondary N) is 1. The summed E-state index contributed by atoms with van der Waals surface area (Å²) in [4.78, 5) is 37.9. The smallest absolute Gasteiger partial charge is 0.253 e. The van der Waals surface area contributed by atoms with Gasteiger partial charge in [-0.15, -0.1) is 0 Å². The van der Waals surface area contributed by atoms with Gasteiger partial charge in [0.05, 0.1) is 5.69 Å². The monoisotopic (exact) mass is 432 g/mol. The Bertz CT molecular complexity index is 1110. The Labute approximate surface area is 185 Å². The number of nitrogens with zero attached hydrogens (tertiary/aromatic N) is 3. The average Bonchev–Trinajstić information content (AvgIpc) is 3.30. The summed E-state index contributed by atoms with van der Waals surface area (Å²) >= 11 is 0. The van der Waals surface area contributed by atoms with Crippen molar-refractivity contribution in [1.29, 1.82) is 0 Å². The first-order valence-corrected chi connectivity index (χ1v) is 10.5. The second-order valence-electron chi connectivity index (χ2n) is 7.69. The van der Waals surface area contributed by atoms with Crippen molar-refractivity contribution >= 4 is 23.4 Å². The zero-order valence-electron chi connectivity index (χ0n) is 17.8. The quantitative estimate of drug-likeness (QED) is 0.619. The van der Waals surface area contributed by atoms with Gasteiger partial charge in [0.15, 0.2) is 0 Å². The van der Waals surface area contributed by atoms with Crippen LogP contribution in [-0.2, 0) is 16.0 Å². The highest BCUT2D eigenvalue weighted by Crippen LogP contribution is 2.20. The second kappa shape index (κ2) is 9.47. The minimum Gasteiger partial charge on any atom is -0.361 e. The molecule has 164 valence electrons. The van der Waals surface area contributed by atoms with Crippen LogP contribution >= 0.6 is 0 Å². The van der Waals surface area contributed by atoms with Crippen LogP contribution in [0.15, 0.2) is 65.2 Å². The standard InChI is InChI=1S/C24H24N4O4/c1-27(15-5-8-20-16-21(26-32-20)17-6-3-2-4-7-17)24(31)18-9-11-19(12-10-18)28-23(30)14-13-22(29)25-28/h2-4,6-7,9-12,16H,5,8,13-15H2,1H3,(H,25,29). The van der Waals surface area contributed by atoms with Crippen molar-refractivity contribution < 1.29 is 18.9 Å². The maximum atomic E-state index is 12.7. The summed E-state index contributed by atoms with van der Waals surface area (Å²) in [6, 6.07) is 18.4. The molecule has 3 aromatic rings. The molecule has 1 saturated heterocycles. The summed E-state index contributed by atoms with van der Waals surface area (Å²) < 4.78 is 5.42. The van der Waals surface area contributed by atoms with Gasteiger partial charge < -0.3 is 9.42 Å². The Hall–Kier alpha value is -3.94. The van der Waals surface area contributed by atoms with E-state index >= 15 is 0 Å². The molecule has 4 rings (SSSR count). The first kappa shape index (κ1) is 21.3. The molecule has 1 fully saturated rings. The Morgan fingerprint density at radius 1 is 1.09 bits per heavy atom. The Morgan fingerprint density at radius 3 is 2.59 bits per heavy atom. The van der Waals surface area contributed by atoms with Gasteiger partial charge in [-0.1, -0.05) is 35.5 Å². The zero-order chi connectivity index (χ0) is 22.5. The van der Waals surface area contributed by atoms with E-state index in [1.54, 1.807) is 36.2 Å². The molecule has 0 unspecified atom stereocenters. The van der Waals surface area contributed by atoms with E-state index in [0.29, 0.717) is 24.2 Å². The second-order valence-corrected chi connectivity index (χ2v) is 7.69. The normalized spacial score (nSPS) is 13.7. The maximum absolute atomic E-state index is 12.7. The van der Waals surface area contributed by atoms with E-state index in [1.807, 2.05) is 36.4 Å². The number of carbonyl (C=O) groups is 3. The molecule has 0 bridgehead atoms. The van der Waals surface area contributed by atoms with Crippen LogP contribution in [0.3, 0.4) is 0 Å². The first-order chi connectivity index (χ1) is 15.5. The summed E-state index contributed by atoms with van der Waals surface area (Å²) in [6.07, 6.45) is 1.77.